The van der Waals surface area contributed by atoms with E-state index in [1.54, 1.807) is 11.3 Å². The van der Waals surface area contributed by atoms with Gasteiger partial charge in [-0.1, -0.05) is 6.07 Å². The van der Waals surface area contributed by atoms with E-state index < -0.39 is 11.9 Å². The van der Waals surface area contributed by atoms with Gasteiger partial charge in [-0.15, -0.1) is 11.3 Å². The van der Waals surface area contributed by atoms with Crippen molar-refractivity contribution in [1.29, 1.82) is 0 Å². The summed E-state index contributed by atoms with van der Waals surface area (Å²) >= 11 is 1.58. The number of H-pyrrole nitrogens is 1. The Balaban J connectivity index is 1.58. The number of thiazole rings is 1. The average molecular weight is 415 g/mol. The van der Waals surface area contributed by atoms with Crippen LogP contribution in [0.4, 0.5) is 24.8 Å². The van der Waals surface area contributed by atoms with E-state index in [9.17, 15) is 13.2 Å². The molecular formula is C20H16F3N5S. The Kier molecular flexibility index (Phi) is 5.06. The second-order valence-corrected chi connectivity index (χ2v) is 7.61. The van der Waals surface area contributed by atoms with Gasteiger partial charge in [0, 0.05) is 36.9 Å². The molecule has 2 N–H and O–H groups in total. The minimum absolute atomic E-state index is 0.103. The first kappa shape index (κ1) is 19.1. The molecule has 9 heteroatoms. The predicted molar refractivity (Wildman–Crippen MR) is 106 cm³/mol. The van der Waals surface area contributed by atoms with Crippen LogP contribution in [-0.2, 0) is 12.6 Å². The number of aromatic amines is 1. The molecule has 29 heavy (non-hydrogen) atoms. The third-order valence-corrected chi connectivity index (χ3v) is 5.18. The zero-order chi connectivity index (χ0) is 20.4. The number of aryl methyl sites for hydroxylation is 1. The number of alkyl halides is 3. The molecule has 3 aromatic heterocycles. The third kappa shape index (κ3) is 4.62. The molecule has 0 aliphatic carbocycles. The number of nitrogens with one attached hydrogen (secondary N) is 2. The summed E-state index contributed by atoms with van der Waals surface area (Å²) in [6.45, 7) is 1.92. The van der Waals surface area contributed by atoms with Crippen molar-refractivity contribution >= 4 is 23.0 Å². The van der Waals surface area contributed by atoms with Gasteiger partial charge in [0.15, 0.2) is 0 Å². The fraction of sp³-hybridized carbons (Fsp3) is 0.150. The summed E-state index contributed by atoms with van der Waals surface area (Å²) in [6.07, 6.45) is 2.93. The molecule has 3 heterocycles. The van der Waals surface area contributed by atoms with E-state index in [1.165, 1.54) is 0 Å². The normalized spacial score (nSPS) is 11.6. The predicted octanol–water partition coefficient (Wildman–Crippen LogP) is 5.59. The summed E-state index contributed by atoms with van der Waals surface area (Å²) in [5.74, 6) is -0.103. The van der Waals surface area contributed by atoms with Gasteiger partial charge in [-0.2, -0.15) is 13.2 Å². The largest absolute Gasteiger partial charge is 0.433 e. The number of hydrogen-bond donors (Lipinski definition) is 2. The minimum Gasteiger partial charge on any atom is -0.367 e. The quantitative estimate of drug-likeness (QED) is 0.446. The molecule has 0 aliphatic heterocycles. The summed E-state index contributed by atoms with van der Waals surface area (Å²) < 4.78 is 38.6. The van der Waals surface area contributed by atoms with Gasteiger partial charge in [-0.25, -0.2) is 15.0 Å². The van der Waals surface area contributed by atoms with Gasteiger partial charge in [0.2, 0.25) is 5.95 Å². The second kappa shape index (κ2) is 7.67. The number of anilines is 2. The van der Waals surface area contributed by atoms with Gasteiger partial charge < -0.3 is 10.3 Å². The maximum absolute atomic E-state index is 12.9. The fourth-order valence-electron chi connectivity index (χ4n) is 2.87. The average Bonchev–Trinajstić information content (AvgIpc) is 3.33. The van der Waals surface area contributed by atoms with E-state index in [2.05, 4.69) is 25.3 Å². The van der Waals surface area contributed by atoms with E-state index in [1.807, 2.05) is 49.8 Å². The van der Waals surface area contributed by atoms with Crippen molar-refractivity contribution in [2.24, 2.45) is 0 Å². The SMILES string of the molecule is Cc1cc(Nc2nccc(C(F)(F)F)n2)cc(-c2cnc(Cc3cc[nH]c3)s2)c1. The van der Waals surface area contributed by atoms with E-state index in [-0.39, 0.29) is 5.95 Å². The van der Waals surface area contributed by atoms with Crippen LogP contribution < -0.4 is 5.32 Å². The molecule has 0 fully saturated rings. The lowest BCUT2D eigenvalue weighted by Crippen LogP contribution is -2.10. The molecule has 0 saturated heterocycles. The number of hydrogen-bond acceptors (Lipinski definition) is 5. The third-order valence-electron chi connectivity index (χ3n) is 4.14. The first-order valence-electron chi connectivity index (χ1n) is 8.72. The van der Waals surface area contributed by atoms with E-state index in [0.29, 0.717) is 5.69 Å². The number of aromatic nitrogens is 4. The molecule has 0 amide bonds. The van der Waals surface area contributed by atoms with Gasteiger partial charge in [0.05, 0.1) is 9.88 Å². The molecule has 1 aromatic carbocycles. The highest BCUT2D eigenvalue weighted by Crippen LogP contribution is 2.32. The van der Waals surface area contributed by atoms with Gasteiger partial charge in [-0.05, 0) is 47.9 Å². The Hall–Kier alpha value is -3.20. The van der Waals surface area contributed by atoms with Crippen molar-refractivity contribution < 1.29 is 13.2 Å². The van der Waals surface area contributed by atoms with Crippen LogP contribution in [0.25, 0.3) is 10.4 Å². The molecule has 0 atom stereocenters. The lowest BCUT2D eigenvalue weighted by Gasteiger charge is -2.10. The van der Waals surface area contributed by atoms with Crippen LogP contribution in [0.2, 0.25) is 0 Å². The zero-order valence-corrected chi connectivity index (χ0v) is 16.1. The summed E-state index contributed by atoms with van der Waals surface area (Å²) in [4.78, 5) is 15.9. The molecule has 4 rings (SSSR count). The molecule has 0 radical (unpaired) electrons. The van der Waals surface area contributed by atoms with E-state index in [0.717, 1.165) is 45.3 Å². The Labute approximate surface area is 168 Å². The molecule has 148 valence electrons. The molecular weight excluding hydrogens is 399 g/mol. The number of nitrogens with zero attached hydrogens (tertiary/aromatic N) is 3. The second-order valence-electron chi connectivity index (χ2n) is 6.49. The number of rotatable bonds is 5. The Morgan fingerprint density at radius 1 is 1.14 bits per heavy atom. The summed E-state index contributed by atoms with van der Waals surface area (Å²) in [6, 6.07) is 8.53. The Bertz CT molecular complexity index is 1120. The van der Waals surface area contributed by atoms with Gasteiger partial charge in [-0.3, -0.25) is 0 Å². The van der Waals surface area contributed by atoms with Crippen molar-refractivity contribution in [3.05, 3.63) is 76.9 Å². The van der Waals surface area contributed by atoms with Crippen LogP contribution in [0.5, 0.6) is 0 Å². The van der Waals surface area contributed by atoms with Gasteiger partial charge in [0.25, 0.3) is 0 Å². The van der Waals surface area contributed by atoms with Gasteiger partial charge in [0.1, 0.15) is 5.69 Å². The molecule has 0 unspecified atom stereocenters. The molecule has 0 aliphatic rings. The van der Waals surface area contributed by atoms with Crippen LogP contribution in [-0.4, -0.2) is 19.9 Å². The Morgan fingerprint density at radius 2 is 2.00 bits per heavy atom. The number of benzene rings is 1. The lowest BCUT2D eigenvalue weighted by atomic mass is 10.1. The minimum atomic E-state index is -4.52. The van der Waals surface area contributed by atoms with Gasteiger partial charge >= 0.3 is 6.18 Å². The van der Waals surface area contributed by atoms with Crippen LogP contribution in [0, 0.1) is 6.92 Å². The monoisotopic (exact) mass is 415 g/mol. The maximum atomic E-state index is 12.9. The Morgan fingerprint density at radius 3 is 2.76 bits per heavy atom. The highest BCUT2D eigenvalue weighted by atomic mass is 32.1. The van der Waals surface area contributed by atoms with Crippen molar-refractivity contribution in [2.75, 3.05) is 5.32 Å². The lowest BCUT2D eigenvalue weighted by molar-refractivity contribution is -0.141. The van der Waals surface area contributed by atoms with Crippen molar-refractivity contribution in [3.8, 4) is 10.4 Å². The summed E-state index contributed by atoms with van der Waals surface area (Å²) in [5.41, 5.74) is 2.66. The van der Waals surface area contributed by atoms with Crippen LogP contribution >= 0.6 is 11.3 Å². The fourth-order valence-corrected chi connectivity index (χ4v) is 3.81. The van der Waals surface area contributed by atoms with Crippen LogP contribution in [0.3, 0.4) is 0 Å². The molecule has 0 saturated carbocycles. The standard InChI is InChI=1S/C20H16F3N5S/c1-12-6-14(16-11-26-18(29-16)8-13-2-4-24-10-13)9-15(7-12)27-19-25-5-3-17(28-19)20(21,22)23/h2-7,9-11,24H,8H2,1H3,(H,25,27,28). The first-order chi connectivity index (χ1) is 13.9. The summed E-state index contributed by atoms with van der Waals surface area (Å²) in [5, 5.41) is 3.85. The highest BCUT2D eigenvalue weighted by Gasteiger charge is 2.32. The molecule has 4 aromatic rings. The smallest absolute Gasteiger partial charge is 0.367 e. The maximum Gasteiger partial charge on any atom is 0.433 e. The topological polar surface area (TPSA) is 66.5 Å². The van der Waals surface area contributed by atoms with Crippen LogP contribution in [0.15, 0.2) is 55.1 Å². The summed E-state index contributed by atoms with van der Waals surface area (Å²) in [7, 11) is 0. The van der Waals surface area contributed by atoms with E-state index >= 15 is 0 Å². The highest BCUT2D eigenvalue weighted by molar-refractivity contribution is 7.15. The van der Waals surface area contributed by atoms with Crippen molar-refractivity contribution in [1.82, 2.24) is 19.9 Å². The molecule has 5 nitrogen and oxygen atoms in total. The van der Waals surface area contributed by atoms with Crippen molar-refractivity contribution in [3.63, 3.8) is 0 Å². The van der Waals surface area contributed by atoms with E-state index in [4.69, 9.17) is 0 Å². The molecule has 0 bridgehead atoms. The number of halogens is 3. The zero-order valence-electron chi connectivity index (χ0n) is 15.3. The first-order valence-corrected chi connectivity index (χ1v) is 9.54. The van der Waals surface area contributed by atoms with Crippen LogP contribution in [0.1, 0.15) is 21.8 Å². The molecule has 0 spiro atoms. The van der Waals surface area contributed by atoms with Crippen molar-refractivity contribution in [2.45, 2.75) is 19.5 Å².